The molecule has 1 aliphatic heterocycles. The third-order valence-corrected chi connectivity index (χ3v) is 5.82. The van der Waals surface area contributed by atoms with E-state index in [1.807, 2.05) is 6.20 Å². The second-order valence-electron chi connectivity index (χ2n) is 8.28. The van der Waals surface area contributed by atoms with E-state index in [4.69, 9.17) is 0 Å². The average molecular weight is 348 g/mol. The summed E-state index contributed by atoms with van der Waals surface area (Å²) in [4.78, 5) is 4.43. The smallest absolute Gasteiger partial charge is 0.0253 e. The van der Waals surface area contributed by atoms with Gasteiger partial charge in [0.1, 0.15) is 0 Å². The number of allylic oxidation sites excluding steroid dienone is 1. The maximum atomic E-state index is 4.43. The normalized spacial score (nSPS) is 15.3. The lowest BCUT2D eigenvalue weighted by Crippen LogP contribution is -2.17. The van der Waals surface area contributed by atoms with Crippen LogP contribution >= 0.6 is 0 Å². The molecule has 0 fully saturated rings. The molecule has 0 N–H and O–H groups in total. The summed E-state index contributed by atoms with van der Waals surface area (Å²) < 4.78 is 0. The molecule has 0 aromatic rings. The zero-order valence-corrected chi connectivity index (χ0v) is 17.4. The van der Waals surface area contributed by atoms with E-state index in [-0.39, 0.29) is 0 Å². The Bertz CT molecular complexity index is 308. The molecule has 0 aromatic carbocycles. The van der Waals surface area contributed by atoms with Crippen molar-refractivity contribution in [3.05, 3.63) is 12.3 Å². The van der Waals surface area contributed by atoms with Crippen LogP contribution in [0.2, 0.25) is 0 Å². The topological polar surface area (TPSA) is 12.4 Å². The second-order valence-corrected chi connectivity index (χ2v) is 8.28. The molecule has 0 radical (unpaired) electrons. The van der Waals surface area contributed by atoms with Crippen LogP contribution in [0.4, 0.5) is 0 Å². The molecule has 1 rings (SSSR count). The highest BCUT2D eigenvalue weighted by atomic mass is 14.7. The molecule has 0 saturated carbocycles. The van der Waals surface area contributed by atoms with E-state index in [1.165, 1.54) is 116 Å². The number of aliphatic imine (C=N–C) groups is 1. The van der Waals surface area contributed by atoms with Crippen molar-refractivity contribution in [2.45, 2.75) is 129 Å². The zero-order chi connectivity index (χ0) is 18.1. The number of unbranched alkanes of at least 4 members (excludes halogenated alkanes) is 14. The Hall–Kier alpha value is -0.590. The quantitative estimate of drug-likeness (QED) is 0.220. The number of hydrogen-bond acceptors (Lipinski definition) is 1. The Kier molecular flexibility index (Phi) is 14.1. The summed E-state index contributed by atoms with van der Waals surface area (Å²) in [6, 6.07) is 0. The van der Waals surface area contributed by atoms with E-state index in [0.29, 0.717) is 5.41 Å². The molecule has 0 aliphatic carbocycles. The Morgan fingerprint density at radius 1 is 0.560 bits per heavy atom. The van der Waals surface area contributed by atoms with Gasteiger partial charge in [0, 0.05) is 17.8 Å². The fraction of sp³-hybridized carbons (Fsp3) is 0.875. The van der Waals surface area contributed by atoms with Crippen LogP contribution in [0.3, 0.4) is 0 Å². The van der Waals surface area contributed by atoms with Crippen LogP contribution in [-0.2, 0) is 0 Å². The molecule has 25 heavy (non-hydrogen) atoms. The molecule has 0 aromatic heterocycles. The first-order valence-corrected chi connectivity index (χ1v) is 11.5. The van der Waals surface area contributed by atoms with Crippen LogP contribution in [0, 0.1) is 5.41 Å². The van der Waals surface area contributed by atoms with E-state index in [1.54, 1.807) is 0 Å². The summed E-state index contributed by atoms with van der Waals surface area (Å²) in [7, 11) is 0. The standard InChI is InChI=1S/C24H45N/c1-3-5-7-9-11-13-15-17-19-24(21-22-25-23-24)20-18-16-14-12-10-8-6-4-2/h21-23H,3-20H2,1-2H3. The summed E-state index contributed by atoms with van der Waals surface area (Å²) in [6.45, 7) is 4.59. The van der Waals surface area contributed by atoms with Crippen molar-refractivity contribution < 1.29 is 0 Å². The van der Waals surface area contributed by atoms with E-state index < -0.39 is 0 Å². The molecule has 146 valence electrons. The summed E-state index contributed by atoms with van der Waals surface area (Å²) in [5, 5.41) is 0. The van der Waals surface area contributed by atoms with Crippen molar-refractivity contribution in [1.29, 1.82) is 0 Å². The Morgan fingerprint density at radius 3 is 1.32 bits per heavy atom. The predicted octanol–water partition coefficient (Wildman–Crippen LogP) is 8.63. The van der Waals surface area contributed by atoms with Crippen LogP contribution in [0.1, 0.15) is 129 Å². The molecule has 0 bridgehead atoms. The van der Waals surface area contributed by atoms with E-state index in [9.17, 15) is 0 Å². The molecule has 1 heterocycles. The summed E-state index contributed by atoms with van der Waals surface area (Å²) in [6.07, 6.45) is 31.9. The van der Waals surface area contributed by atoms with Gasteiger partial charge in [0.25, 0.3) is 0 Å². The van der Waals surface area contributed by atoms with Crippen LogP contribution in [0.15, 0.2) is 17.3 Å². The second kappa shape index (κ2) is 15.6. The molecule has 0 unspecified atom stereocenters. The van der Waals surface area contributed by atoms with Gasteiger partial charge in [-0.1, -0.05) is 123 Å². The molecular weight excluding hydrogens is 302 g/mol. The lowest BCUT2D eigenvalue weighted by atomic mass is 9.79. The van der Waals surface area contributed by atoms with Gasteiger partial charge < -0.3 is 0 Å². The van der Waals surface area contributed by atoms with Gasteiger partial charge in [0.15, 0.2) is 0 Å². The SMILES string of the molecule is CCCCCCCCCCC1(CCCCCCCCCC)C=CN=C1. The molecule has 1 nitrogen and oxygen atoms in total. The lowest BCUT2D eigenvalue weighted by Gasteiger charge is -2.24. The van der Waals surface area contributed by atoms with Crippen molar-refractivity contribution in [3.63, 3.8) is 0 Å². The van der Waals surface area contributed by atoms with Crippen molar-refractivity contribution >= 4 is 6.21 Å². The summed E-state index contributed by atoms with van der Waals surface area (Å²) in [5.41, 5.74) is 0.310. The minimum atomic E-state index is 0.310. The van der Waals surface area contributed by atoms with Crippen LogP contribution < -0.4 is 0 Å². The highest BCUT2D eigenvalue weighted by Gasteiger charge is 2.26. The minimum absolute atomic E-state index is 0.310. The minimum Gasteiger partial charge on any atom is -0.268 e. The van der Waals surface area contributed by atoms with Gasteiger partial charge >= 0.3 is 0 Å². The largest absolute Gasteiger partial charge is 0.268 e. The Morgan fingerprint density at radius 2 is 0.960 bits per heavy atom. The average Bonchev–Trinajstić information content (AvgIpc) is 3.09. The van der Waals surface area contributed by atoms with Gasteiger partial charge in [0.2, 0.25) is 0 Å². The monoisotopic (exact) mass is 347 g/mol. The van der Waals surface area contributed by atoms with E-state index in [2.05, 4.69) is 31.1 Å². The fourth-order valence-corrected chi connectivity index (χ4v) is 4.02. The van der Waals surface area contributed by atoms with Crippen LogP contribution in [0.25, 0.3) is 0 Å². The molecule has 1 heteroatoms. The third-order valence-electron chi connectivity index (χ3n) is 5.82. The van der Waals surface area contributed by atoms with Gasteiger partial charge in [-0.15, -0.1) is 0 Å². The lowest BCUT2D eigenvalue weighted by molar-refractivity contribution is 0.408. The molecule has 0 amide bonds. The van der Waals surface area contributed by atoms with E-state index >= 15 is 0 Å². The Balaban J connectivity index is 2.04. The first-order valence-electron chi connectivity index (χ1n) is 11.5. The highest BCUT2D eigenvalue weighted by Crippen LogP contribution is 2.34. The number of hydrogen-bond donors (Lipinski definition) is 0. The van der Waals surface area contributed by atoms with Gasteiger partial charge in [-0.25, -0.2) is 0 Å². The maximum absolute atomic E-state index is 4.43. The van der Waals surface area contributed by atoms with Gasteiger partial charge in [-0.3, -0.25) is 4.99 Å². The van der Waals surface area contributed by atoms with Crippen molar-refractivity contribution in [2.75, 3.05) is 0 Å². The third kappa shape index (κ3) is 11.6. The fourth-order valence-electron chi connectivity index (χ4n) is 4.02. The maximum Gasteiger partial charge on any atom is 0.0253 e. The number of rotatable bonds is 18. The highest BCUT2D eigenvalue weighted by molar-refractivity contribution is 5.72. The van der Waals surface area contributed by atoms with Gasteiger partial charge in [-0.05, 0) is 12.8 Å². The van der Waals surface area contributed by atoms with Crippen molar-refractivity contribution in [1.82, 2.24) is 0 Å². The molecular formula is C24H45N. The van der Waals surface area contributed by atoms with Gasteiger partial charge in [0.05, 0.1) is 0 Å². The summed E-state index contributed by atoms with van der Waals surface area (Å²) in [5.74, 6) is 0. The zero-order valence-electron chi connectivity index (χ0n) is 17.4. The van der Waals surface area contributed by atoms with E-state index in [0.717, 1.165) is 0 Å². The van der Waals surface area contributed by atoms with Gasteiger partial charge in [-0.2, -0.15) is 0 Å². The first kappa shape index (κ1) is 22.5. The molecule has 0 saturated heterocycles. The first-order chi connectivity index (χ1) is 12.3. The van der Waals surface area contributed by atoms with Crippen molar-refractivity contribution in [3.8, 4) is 0 Å². The van der Waals surface area contributed by atoms with Crippen LogP contribution in [0.5, 0.6) is 0 Å². The molecule has 1 aliphatic rings. The Labute approximate surface area is 158 Å². The molecule has 0 atom stereocenters. The molecule has 0 spiro atoms. The predicted molar refractivity (Wildman–Crippen MR) is 115 cm³/mol. The van der Waals surface area contributed by atoms with Crippen molar-refractivity contribution in [2.24, 2.45) is 10.4 Å². The van der Waals surface area contributed by atoms with Crippen LogP contribution in [-0.4, -0.2) is 6.21 Å². The summed E-state index contributed by atoms with van der Waals surface area (Å²) >= 11 is 0. The number of nitrogens with zero attached hydrogens (tertiary/aromatic N) is 1.